The molecule has 22 heavy (non-hydrogen) atoms. The van der Waals surface area contributed by atoms with Gasteiger partial charge >= 0.3 is 0 Å². The highest BCUT2D eigenvalue weighted by molar-refractivity contribution is 6.02. The zero-order chi connectivity index (χ0) is 16.1. The van der Waals surface area contributed by atoms with Crippen LogP contribution in [0.2, 0.25) is 0 Å². The molecule has 0 atom stereocenters. The number of amides is 1. The van der Waals surface area contributed by atoms with Crippen LogP contribution in [0.4, 0.5) is 11.4 Å². The molecule has 1 N–H and O–H groups in total. The van der Waals surface area contributed by atoms with E-state index in [-0.39, 0.29) is 11.6 Å². The van der Waals surface area contributed by atoms with Crippen LogP contribution in [0.25, 0.3) is 6.08 Å². The maximum Gasteiger partial charge on any atom is 0.274 e. The minimum absolute atomic E-state index is 0.0136. The maximum atomic E-state index is 11.9. The SMILES string of the molecule is Cc1ccc(C=CC(=O)Nc2cccc([N+](=O)[O-])c2C)cc1. The molecule has 0 saturated heterocycles. The number of nitro groups is 1. The Kier molecular flexibility index (Phi) is 4.68. The van der Waals surface area contributed by atoms with Gasteiger partial charge in [-0.3, -0.25) is 14.9 Å². The molecule has 0 aliphatic heterocycles. The van der Waals surface area contributed by atoms with Crippen molar-refractivity contribution in [3.05, 3.63) is 75.3 Å². The fourth-order valence-electron chi connectivity index (χ4n) is 1.98. The lowest BCUT2D eigenvalue weighted by Crippen LogP contribution is -2.09. The molecule has 0 unspecified atom stereocenters. The average molecular weight is 296 g/mol. The number of nitrogens with one attached hydrogen (secondary N) is 1. The van der Waals surface area contributed by atoms with Crippen molar-refractivity contribution in [1.29, 1.82) is 0 Å². The van der Waals surface area contributed by atoms with Crippen LogP contribution in [0.3, 0.4) is 0 Å². The van der Waals surface area contributed by atoms with Gasteiger partial charge in [-0.1, -0.05) is 35.9 Å². The average Bonchev–Trinajstić information content (AvgIpc) is 2.48. The molecule has 2 rings (SSSR count). The number of nitro benzene ring substituents is 1. The largest absolute Gasteiger partial charge is 0.322 e. The predicted octanol–water partition coefficient (Wildman–Crippen LogP) is 3.86. The number of carbonyl (C=O) groups excluding carboxylic acids is 1. The zero-order valence-electron chi connectivity index (χ0n) is 12.4. The molecule has 2 aromatic rings. The van der Waals surface area contributed by atoms with Gasteiger partial charge in [-0.05, 0) is 31.6 Å². The molecule has 5 heteroatoms. The summed E-state index contributed by atoms with van der Waals surface area (Å²) in [6.45, 7) is 3.60. The lowest BCUT2D eigenvalue weighted by atomic mass is 10.1. The highest BCUT2D eigenvalue weighted by Gasteiger charge is 2.13. The standard InChI is InChI=1S/C17H16N2O3/c1-12-6-8-14(9-7-12)10-11-17(20)18-15-4-3-5-16(13(15)2)19(21)22/h3-11H,1-2H3,(H,18,20). The third-order valence-electron chi connectivity index (χ3n) is 3.26. The molecule has 112 valence electrons. The normalized spacial score (nSPS) is 10.6. The fourth-order valence-corrected chi connectivity index (χ4v) is 1.98. The van der Waals surface area contributed by atoms with Crippen molar-refractivity contribution in [3.63, 3.8) is 0 Å². The van der Waals surface area contributed by atoms with Crippen LogP contribution >= 0.6 is 0 Å². The smallest absolute Gasteiger partial charge is 0.274 e. The Morgan fingerprint density at radius 3 is 2.45 bits per heavy atom. The van der Waals surface area contributed by atoms with Gasteiger partial charge in [0.15, 0.2) is 0 Å². The van der Waals surface area contributed by atoms with E-state index >= 15 is 0 Å². The molecule has 0 aliphatic rings. The summed E-state index contributed by atoms with van der Waals surface area (Å²) in [6, 6.07) is 12.3. The van der Waals surface area contributed by atoms with E-state index in [2.05, 4.69) is 5.32 Å². The van der Waals surface area contributed by atoms with E-state index in [0.29, 0.717) is 11.3 Å². The van der Waals surface area contributed by atoms with Crippen molar-refractivity contribution in [1.82, 2.24) is 0 Å². The Hall–Kier alpha value is -2.95. The quantitative estimate of drug-likeness (QED) is 0.529. The van der Waals surface area contributed by atoms with Gasteiger partial charge < -0.3 is 5.32 Å². The third kappa shape index (κ3) is 3.79. The first-order valence-corrected chi connectivity index (χ1v) is 6.77. The molecule has 5 nitrogen and oxygen atoms in total. The molecule has 0 saturated carbocycles. The molecule has 0 heterocycles. The van der Waals surface area contributed by atoms with E-state index in [1.807, 2.05) is 31.2 Å². The number of nitrogens with zero attached hydrogens (tertiary/aromatic N) is 1. The molecule has 0 radical (unpaired) electrons. The topological polar surface area (TPSA) is 72.2 Å². The van der Waals surface area contributed by atoms with Crippen molar-refractivity contribution in [2.24, 2.45) is 0 Å². The van der Waals surface area contributed by atoms with E-state index < -0.39 is 4.92 Å². The van der Waals surface area contributed by atoms with Crippen molar-refractivity contribution >= 4 is 23.4 Å². The van der Waals surface area contributed by atoms with Gasteiger partial charge in [-0.25, -0.2) is 0 Å². The summed E-state index contributed by atoms with van der Waals surface area (Å²) < 4.78 is 0. The van der Waals surface area contributed by atoms with Gasteiger partial charge in [0.1, 0.15) is 0 Å². The van der Waals surface area contributed by atoms with Gasteiger partial charge in [-0.15, -0.1) is 0 Å². The molecule has 0 bridgehead atoms. The summed E-state index contributed by atoms with van der Waals surface area (Å²) in [5.41, 5.74) is 2.92. The Labute approximate surface area is 128 Å². The molecule has 0 fully saturated rings. The maximum absolute atomic E-state index is 11.9. The van der Waals surface area contributed by atoms with Crippen LogP contribution in [-0.4, -0.2) is 10.8 Å². The van der Waals surface area contributed by atoms with E-state index in [0.717, 1.165) is 11.1 Å². The molecule has 0 aliphatic carbocycles. The molecule has 2 aromatic carbocycles. The van der Waals surface area contributed by atoms with Crippen molar-refractivity contribution < 1.29 is 9.72 Å². The van der Waals surface area contributed by atoms with E-state index in [1.54, 1.807) is 25.1 Å². The number of hydrogen-bond acceptors (Lipinski definition) is 3. The summed E-state index contributed by atoms with van der Waals surface area (Å²) in [6.07, 6.45) is 3.10. The Morgan fingerprint density at radius 1 is 1.14 bits per heavy atom. The van der Waals surface area contributed by atoms with E-state index in [1.165, 1.54) is 12.1 Å². The van der Waals surface area contributed by atoms with E-state index in [4.69, 9.17) is 0 Å². The highest BCUT2D eigenvalue weighted by atomic mass is 16.6. The molecular weight excluding hydrogens is 280 g/mol. The van der Waals surface area contributed by atoms with Crippen LogP contribution in [0.5, 0.6) is 0 Å². The van der Waals surface area contributed by atoms with Crippen molar-refractivity contribution in [3.8, 4) is 0 Å². The lowest BCUT2D eigenvalue weighted by Gasteiger charge is -2.06. The van der Waals surface area contributed by atoms with Crippen LogP contribution < -0.4 is 5.32 Å². The second-order valence-corrected chi connectivity index (χ2v) is 4.94. The zero-order valence-corrected chi connectivity index (χ0v) is 12.4. The minimum atomic E-state index is -0.465. The van der Waals surface area contributed by atoms with Crippen LogP contribution in [0.1, 0.15) is 16.7 Å². The third-order valence-corrected chi connectivity index (χ3v) is 3.26. The van der Waals surface area contributed by atoms with E-state index in [9.17, 15) is 14.9 Å². The molecule has 0 aromatic heterocycles. The van der Waals surface area contributed by atoms with Crippen molar-refractivity contribution in [2.45, 2.75) is 13.8 Å². The van der Waals surface area contributed by atoms with Crippen LogP contribution in [0, 0.1) is 24.0 Å². The molecular formula is C17H16N2O3. The Balaban J connectivity index is 2.11. The number of hydrogen-bond donors (Lipinski definition) is 1. The van der Waals surface area contributed by atoms with Gasteiger partial charge in [0.05, 0.1) is 16.2 Å². The summed E-state index contributed by atoms with van der Waals surface area (Å²) in [5, 5.41) is 13.5. The summed E-state index contributed by atoms with van der Waals surface area (Å²) in [5.74, 6) is -0.329. The highest BCUT2D eigenvalue weighted by Crippen LogP contribution is 2.24. The van der Waals surface area contributed by atoms with Gasteiger partial charge in [0.2, 0.25) is 5.91 Å². The first-order chi connectivity index (χ1) is 10.5. The second kappa shape index (κ2) is 6.67. The number of anilines is 1. The fraction of sp³-hybridized carbons (Fsp3) is 0.118. The first kappa shape index (κ1) is 15.4. The first-order valence-electron chi connectivity index (χ1n) is 6.77. The lowest BCUT2D eigenvalue weighted by molar-refractivity contribution is -0.385. The molecule has 0 spiro atoms. The monoisotopic (exact) mass is 296 g/mol. The summed E-state index contributed by atoms with van der Waals surface area (Å²) in [4.78, 5) is 22.3. The minimum Gasteiger partial charge on any atom is -0.322 e. The number of aryl methyl sites for hydroxylation is 1. The summed E-state index contributed by atoms with van der Waals surface area (Å²) in [7, 11) is 0. The Bertz CT molecular complexity index is 734. The van der Waals surface area contributed by atoms with Gasteiger partial charge in [-0.2, -0.15) is 0 Å². The summed E-state index contributed by atoms with van der Waals surface area (Å²) >= 11 is 0. The van der Waals surface area contributed by atoms with Crippen molar-refractivity contribution in [2.75, 3.05) is 5.32 Å². The number of benzene rings is 2. The second-order valence-electron chi connectivity index (χ2n) is 4.94. The molecule has 1 amide bonds. The van der Waals surface area contributed by atoms with Gasteiger partial charge in [0, 0.05) is 12.1 Å². The Morgan fingerprint density at radius 2 is 1.82 bits per heavy atom. The van der Waals surface area contributed by atoms with Crippen LogP contribution in [-0.2, 0) is 4.79 Å². The van der Waals surface area contributed by atoms with Crippen LogP contribution in [0.15, 0.2) is 48.5 Å². The number of rotatable bonds is 4. The van der Waals surface area contributed by atoms with Gasteiger partial charge in [0.25, 0.3) is 5.69 Å². The number of carbonyl (C=O) groups is 1. The predicted molar refractivity (Wildman–Crippen MR) is 86.7 cm³/mol.